The number of imide groups is 2. The molecule has 352 valence electrons. The second-order valence-electron chi connectivity index (χ2n) is 15.4. The number of amides is 4. The second-order valence-corrected chi connectivity index (χ2v) is 15.4. The van der Waals surface area contributed by atoms with Gasteiger partial charge in [-0.25, -0.2) is 9.97 Å². The Kier molecular flexibility index (Phi) is 13.4. The van der Waals surface area contributed by atoms with E-state index in [1.165, 1.54) is 48.9 Å². The highest BCUT2D eigenvalue weighted by molar-refractivity contribution is 6.22. The molecule has 10 rings (SSSR count). The third kappa shape index (κ3) is 10.2. The van der Waals surface area contributed by atoms with Crippen LogP contribution in [0.4, 0.5) is 17.6 Å². The maximum Gasteiger partial charge on any atom is 0.387 e. The van der Waals surface area contributed by atoms with Crippen LogP contribution in [0.5, 0.6) is 23.0 Å². The summed E-state index contributed by atoms with van der Waals surface area (Å²) in [4.78, 5) is 61.3. The minimum atomic E-state index is -3.02. The summed E-state index contributed by atoms with van der Waals surface area (Å²) in [7, 11) is 0. The number of rotatable bonds is 16. The molecule has 0 bridgehead atoms. The molecule has 2 aliphatic heterocycles. The number of hydrogen-bond donors (Lipinski definition) is 0. The molecule has 0 N–H and O–H groups in total. The predicted molar refractivity (Wildman–Crippen MR) is 240 cm³/mol. The van der Waals surface area contributed by atoms with Crippen molar-refractivity contribution < 1.29 is 64.5 Å². The average molecular weight is 953 g/mol. The summed E-state index contributed by atoms with van der Waals surface area (Å²) < 4.78 is 83.2. The van der Waals surface area contributed by atoms with Gasteiger partial charge in [-0.2, -0.15) is 17.6 Å². The molecule has 70 heavy (non-hydrogen) atoms. The molecule has 0 saturated heterocycles. The average Bonchev–Trinajstić information content (AvgIpc) is 4.15. The number of carbonyl (C=O) groups is 4. The van der Waals surface area contributed by atoms with E-state index < -0.39 is 36.9 Å². The van der Waals surface area contributed by atoms with Crippen molar-refractivity contribution in [3.8, 4) is 45.9 Å². The fraction of sp³-hybridized carbons (Fsp3) is 0.115. The van der Waals surface area contributed by atoms with Crippen molar-refractivity contribution >= 4 is 23.6 Å². The smallest absolute Gasteiger partial charge is 0.387 e. The first-order valence-corrected chi connectivity index (χ1v) is 21.3. The standard InChI is InChI=1S/2C26H18F2N2O5/c2*27-26(28)35-21-11-10-17(12-22(21)33-14-16-6-2-1-3-7-16)23-29-18(15-34-23)13-30-24(31)19-8-4-5-9-20(19)25(30)32/h2*1-12,15,26H,13-14H2. The van der Waals surface area contributed by atoms with E-state index in [1.807, 2.05) is 60.7 Å². The van der Waals surface area contributed by atoms with Gasteiger partial charge in [0.2, 0.25) is 11.8 Å². The molecule has 0 radical (unpaired) electrons. The Morgan fingerprint density at radius 2 is 0.786 bits per heavy atom. The van der Waals surface area contributed by atoms with Crippen LogP contribution in [0.3, 0.4) is 0 Å². The predicted octanol–water partition coefficient (Wildman–Crippen LogP) is 10.6. The molecular formula is C52H36F4N4O10. The normalized spacial score (nSPS) is 12.8. The Bertz CT molecular complexity index is 2920. The summed E-state index contributed by atoms with van der Waals surface area (Å²) >= 11 is 0. The number of nitrogens with zero attached hydrogens (tertiary/aromatic N) is 4. The topological polar surface area (TPSA) is 164 Å². The van der Waals surface area contributed by atoms with Crippen molar-refractivity contribution in [3.63, 3.8) is 0 Å². The van der Waals surface area contributed by atoms with Crippen LogP contribution in [0.1, 0.15) is 63.9 Å². The van der Waals surface area contributed by atoms with Crippen LogP contribution in [0.15, 0.2) is 167 Å². The second kappa shape index (κ2) is 20.4. The quantitative estimate of drug-likeness (QED) is 0.0666. The van der Waals surface area contributed by atoms with Crippen molar-refractivity contribution in [2.75, 3.05) is 0 Å². The lowest BCUT2D eigenvalue weighted by molar-refractivity contribution is -0.0522. The van der Waals surface area contributed by atoms with Crippen LogP contribution in [-0.2, 0) is 26.3 Å². The number of benzene rings is 6. The molecular weight excluding hydrogens is 917 g/mol. The van der Waals surface area contributed by atoms with Crippen LogP contribution in [0.2, 0.25) is 0 Å². The Labute approximate surface area is 395 Å². The van der Waals surface area contributed by atoms with Gasteiger partial charge in [0.05, 0.1) is 46.7 Å². The number of aromatic nitrogens is 2. The molecule has 0 aliphatic carbocycles. The van der Waals surface area contributed by atoms with Crippen LogP contribution in [0.25, 0.3) is 22.9 Å². The van der Waals surface area contributed by atoms with E-state index in [-0.39, 0.29) is 61.1 Å². The molecule has 4 amide bonds. The van der Waals surface area contributed by atoms with Gasteiger partial charge in [0.15, 0.2) is 23.0 Å². The molecule has 4 heterocycles. The minimum Gasteiger partial charge on any atom is -0.485 e. The fourth-order valence-electron chi connectivity index (χ4n) is 7.48. The van der Waals surface area contributed by atoms with Gasteiger partial charge in [-0.1, -0.05) is 84.9 Å². The molecule has 8 aromatic rings. The van der Waals surface area contributed by atoms with Gasteiger partial charge < -0.3 is 27.8 Å². The minimum absolute atomic E-state index is 0.0697. The molecule has 6 aromatic carbocycles. The zero-order valence-corrected chi connectivity index (χ0v) is 36.4. The van der Waals surface area contributed by atoms with Gasteiger partial charge >= 0.3 is 13.2 Å². The van der Waals surface area contributed by atoms with Crippen molar-refractivity contribution in [2.45, 2.75) is 39.5 Å². The summed E-state index contributed by atoms with van der Waals surface area (Å²) in [6.07, 6.45) is 2.68. The molecule has 0 unspecified atom stereocenters. The fourth-order valence-corrected chi connectivity index (χ4v) is 7.48. The first-order chi connectivity index (χ1) is 34.0. The summed E-state index contributed by atoms with van der Waals surface area (Å²) in [5.41, 5.74) is 4.68. The van der Waals surface area contributed by atoms with Gasteiger partial charge in [0, 0.05) is 11.1 Å². The molecule has 0 spiro atoms. The van der Waals surface area contributed by atoms with E-state index in [2.05, 4.69) is 19.4 Å². The monoisotopic (exact) mass is 952 g/mol. The Hall–Kier alpha value is -9.06. The van der Waals surface area contributed by atoms with E-state index in [1.54, 1.807) is 48.5 Å². The lowest BCUT2D eigenvalue weighted by Crippen LogP contribution is -2.29. The first kappa shape index (κ1) is 46.1. The maximum absolute atomic E-state index is 12.9. The van der Waals surface area contributed by atoms with Crippen molar-refractivity contribution in [1.82, 2.24) is 19.8 Å². The summed E-state index contributed by atoms with van der Waals surface area (Å²) in [6.45, 7) is -5.90. The van der Waals surface area contributed by atoms with E-state index >= 15 is 0 Å². The molecule has 2 aromatic heterocycles. The van der Waals surface area contributed by atoms with Gasteiger partial charge in [-0.15, -0.1) is 0 Å². The molecule has 0 atom stereocenters. The maximum atomic E-state index is 12.9. The van der Waals surface area contributed by atoms with Crippen molar-refractivity contribution in [1.29, 1.82) is 0 Å². The summed E-state index contributed by atoms with van der Waals surface area (Å²) in [6, 6.07) is 40.3. The zero-order chi connectivity index (χ0) is 48.7. The lowest BCUT2D eigenvalue weighted by Gasteiger charge is -2.13. The highest BCUT2D eigenvalue weighted by atomic mass is 19.3. The highest BCUT2D eigenvalue weighted by Gasteiger charge is 2.37. The number of halogens is 4. The van der Waals surface area contributed by atoms with E-state index in [4.69, 9.17) is 18.3 Å². The largest absolute Gasteiger partial charge is 0.485 e. The van der Waals surface area contributed by atoms with Gasteiger partial charge in [-0.05, 0) is 71.8 Å². The lowest BCUT2D eigenvalue weighted by atomic mass is 10.1. The first-order valence-electron chi connectivity index (χ1n) is 21.3. The highest BCUT2D eigenvalue weighted by Crippen LogP contribution is 2.36. The van der Waals surface area contributed by atoms with Crippen LogP contribution in [-0.4, -0.2) is 56.6 Å². The summed E-state index contributed by atoms with van der Waals surface area (Å²) in [5, 5.41) is 0. The number of alkyl halides is 4. The van der Waals surface area contributed by atoms with Crippen molar-refractivity contribution in [3.05, 3.63) is 203 Å². The van der Waals surface area contributed by atoms with Gasteiger partial charge in [0.25, 0.3) is 23.6 Å². The van der Waals surface area contributed by atoms with E-state index in [0.717, 1.165) is 20.9 Å². The number of oxazole rings is 2. The Balaban J connectivity index is 0.000000174. The molecule has 0 fully saturated rings. The number of hydrogen-bond acceptors (Lipinski definition) is 12. The van der Waals surface area contributed by atoms with E-state index in [0.29, 0.717) is 44.8 Å². The third-order valence-corrected chi connectivity index (χ3v) is 10.8. The third-order valence-electron chi connectivity index (χ3n) is 10.8. The van der Waals surface area contributed by atoms with Gasteiger partial charge in [-0.3, -0.25) is 29.0 Å². The zero-order valence-electron chi connectivity index (χ0n) is 36.4. The SMILES string of the molecule is O=C1c2ccccc2C(=O)N1Cc1coc(-c2ccc(OC(F)F)c(OCc3ccccc3)c2)n1.O=C1c2ccccc2C(=O)N1Cc1coc(-c2ccc(OC(F)F)c(OCc3ccccc3)c2)n1. The van der Waals surface area contributed by atoms with Crippen LogP contribution >= 0.6 is 0 Å². The Morgan fingerprint density at radius 1 is 0.443 bits per heavy atom. The molecule has 2 aliphatic rings. The van der Waals surface area contributed by atoms with Gasteiger partial charge in [0.1, 0.15) is 25.7 Å². The van der Waals surface area contributed by atoms with E-state index in [9.17, 15) is 36.7 Å². The van der Waals surface area contributed by atoms with Crippen LogP contribution < -0.4 is 18.9 Å². The van der Waals surface area contributed by atoms with Crippen molar-refractivity contribution in [2.24, 2.45) is 0 Å². The number of fused-ring (bicyclic) bond motifs is 2. The van der Waals surface area contributed by atoms with Crippen LogP contribution in [0, 0.1) is 0 Å². The molecule has 18 heteroatoms. The molecule has 0 saturated carbocycles. The summed E-state index contributed by atoms with van der Waals surface area (Å²) in [5.74, 6) is -1.34. The number of carbonyl (C=O) groups excluding carboxylic acids is 4. The molecule has 14 nitrogen and oxygen atoms in total. The number of ether oxygens (including phenoxy) is 4. The Morgan fingerprint density at radius 3 is 1.13 bits per heavy atom.